The molecule has 0 N–H and O–H groups in total. The monoisotopic (exact) mass is 361 g/mol. The summed E-state index contributed by atoms with van der Waals surface area (Å²) in [6, 6.07) is 1.20. The Kier molecular flexibility index (Phi) is 4.85. The van der Waals surface area contributed by atoms with Crippen molar-refractivity contribution in [1.82, 2.24) is 4.98 Å². The van der Waals surface area contributed by atoms with E-state index in [1.807, 2.05) is 0 Å². The summed E-state index contributed by atoms with van der Waals surface area (Å²) in [6.07, 6.45) is -2.70. The summed E-state index contributed by atoms with van der Waals surface area (Å²) in [6.45, 7) is 0. The smallest absolute Gasteiger partial charge is 0.357 e. The molecule has 0 bridgehead atoms. The molecule has 0 aliphatic heterocycles. The number of esters is 1. The normalized spacial score (nSPS) is 10.6. The van der Waals surface area contributed by atoms with Crippen LogP contribution in [0.4, 0.5) is 8.78 Å². The van der Waals surface area contributed by atoms with Crippen LogP contribution >= 0.6 is 34.2 Å². The second-order valence-corrected chi connectivity index (χ2v) is 4.16. The molecule has 0 atom stereocenters. The lowest BCUT2D eigenvalue weighted by Gasteiger charge is -2.10. The number of halogens is 4. The maximum absolute atomic E-state index is 12.7. The van der Waals surface area contributed by atoms with Crippen LogP contribution in [-0.2, 0) is 10.6 Å². The van der Waals surface area contributed by atoms with E-state index in [9.17, 15) is 13.6 Å². The lowest BCUT2D eigenvalue weighted by Crippen LogP contribution is -2.11. The fourth-order valence-corrected chi connectivity index (χ4v) is 2.02. The molecular formula is C9H7ClF2INO2. The zero-order valence-electron chi connectivity index (χ0n) is 8.14. The molecule has 16 heavy (non-hydrogen) atoms. The average molecular weight is 362 g/mol. The van der Waals surface area contributed by atoms with Gasteiger partial charge in [-0.25, -0.2) is 18.6 Å². The van der Waals surface area contributed by atoms with Gasteiger partial charge >= 0.3 is 5.97 Å². The van der Waals surface area contributed by atoms with Crippen molar-refractivity contribution in [2.24, 2.45) is 0 Å². The van der Waals surface area contributed by atoms with Crippen LogP contribution in [0.25, 0.3) is 0 Å². The molecule has 0 aliphatic carbocycles. The van der Waals surface area contributed by atoms with Crippen LogP contribution < -0.4 is 0 Å². The van der Waals surface area contributed by atoms with Gasteiger partial charge in [0.1, 0.15) is 3.70 Å². The van der Waals surface area contributed by atoms with Gasteiger partial charge in [0, 0.05) is 11.1 Å². The number of methoxy groups -OCH3 is 1. The molecule has 0 amide bonds. The molecule has 88 valence electrons. The molecular weight excluding hydrogens is 354 g/mol. The van der Waals surface area contributed by atoms with E-state index in [0.717, 1.165) is 7.11 Å². The van der Waals surface area contributed by atoms with Crippen LogP contribution in [0, 0.1) is 3.70 Å². The first kappa shape index (κ1) is 13.6. The third kappa shape index (κ3) is 2.79. The highest BCUT2D eigenvalue weighted by atomic mass is 127. The summed E-state index contributed by atoms with van der Waals surface area (Å²) < 4.78 is 30.2. The highest BCUT2D eigenvalue weighted by Gasteiger charge is 2.22. The number of ether oxygens (including phenoxy) is 1. The number of hydrogen-bond acceptors (Lipinski definition) is 3. The molecule has 3 nitrogen and oxygen atoms in total. The Morgan fingerprint density at radius 3 is 2.75 bits per heavy atom. The van der Waals surface area contributed by atoms with Gasteiger partial charge < -0.3 is 4.74 Å². The van der Waals surface area contributed by atoms with E-state index in [-0.39, 0.29) is 22.7 Å². The Morgan fingerprint density at radius 1 is 1.69 bits per heavy atom. The predicted molar refractivity (Wildman–Crippen MR) is 62.8 cm³/mol. The second-order valence-electron chi connectivity index (χ2n) is 2.79. The zero-order chi connectivity index (χ0) is 12.3. The Bertz CT molecular complexity index is 415. The van der Waals surface area contributed by atoms with Crippen LogP contribution in [0.1, 0.15) is 28.0 Å². The third-order valence-corrected chi connectivity index (χ3v) is 2.69. The maximum Gasteiger partial charge on any atom is 0.357 e. The van der Waals surface area contributed by atoms with E-state index in [0.29, 0.717) is 3.70 Å². The lowest BCUT2D eigenvalue weighted by atomic mass is 10.1. The predicted octanol–water partition coefficient (Wildman–Crippen LogP) is 3.15. The van der Waals surface area contributed by atoms with E-state index in [1.165, 1.54) is 6.07 Å². The topological polar surface area (TPSA) is 39.2 Å². The lowest BCUT2D eigenvalue weighted by molar-refractivity contribution is 0.0592. The molecule has 1 heterocycles. The number of rotatable bonds is 3. The SMILES string of the molecule is COC(=O)c1nc(I)cc(C(F)F)c1CCl. The van der Waals surface area contributed by atoms with Gasteiger partial charge in [-0.15, -0.1) is 11.6 Å². The largest absolute Gasteiger partial charge is 0.464 e. The number of pyridine rings is 1. The number of aromatic nitrogens is 1. The number of carbonyl (C=O) groups excluding carboxylic acids is 1. The molecule has 0 unspecified atom stereocenters. The van der Waals surface area contributed by atoms with Gasteiger partial charge in [-0.1, -0.05) is 0 Å². The van der Waals surface area contributed by atoms with Gasteiger partial charge in [-0.3, -0.25) is 0 Å². The van der Waals surface area contributed by atoms with Gasteiger partial charge in [-0.05, 0) is 28.7 Å². The summed E-state index contributed by atoms with van der Waals surface area (Å²) in [4.78, 5) is 15.2. The van der Waals surface area contributed by atoms with E-state index in [2.05, 4.69) is 9.72 Å². The molecule has 0 spiro atoms. The van der Waals surface area contributed by atoms with E-state index in [1.54, 1.807) is 22.6 Å². The van der Waals surface area contributed by atoms with E-state index < -0.39 is 12.4 Å². The van der Waals surface area contributed by atoms with Crippen LogP contribution in [-0.4, -0.2) is 18.1 Å². The average Bonchev–Trinajstić information content (AvgIpc) is 2.26. The maximum atomic E-state index is 12.7. The Labute approximate surface area is 109 Å². The summed E-state index contributed by atoms with van der Waals surface area (Å²) in [5.41, 5.74) is -0.418. The Balaban J connectivity index is 3.41. The zero-order valence-corrected chi connectivity index (χ0v) is 11.1. The Morgan fingerprint density at radius 2 is 2.31 bits per heavy atom. The van der Waals surface area contributed by atoms with Crippen molar-refractivity contribution in [3.05, 3.63) is 26.6 Å². The van der Waals surface area contributed by atoms with Crippen molar-refractivity contribution in [3.8, 4) is 0 Å². The standard InChI is InChI=1S/C9H7ClF2INO2/c1-16-9(15)7-5(3-10)4(8(11)12)2-6(13)14-7/h2,8H,3H2,1H3. The molecule has 1 aromatic rings. The highest BCUT2D eigenvalue weighted by Crippen LogP contribution is 2.27. The quantitative estimate of drug-likeness (QED) is 0.359. The molecule has 0 aliphatic rings. The van der Waals surface area contributed by atoms with Crippen molar-refractivity contribution >= 4 is 40.2 Å². The number of carbonyl (C=O) groups is 1. The molecule has 0 fully saturated rings. The fourth-order valence-electron chi connectivity index (χ4n) is 1.16. The van der Waals surface area contributed by atoms with Crippen molar-refractivity contribution in [3.63, 3.8) is 0 Å². The second kappa shape index (κ2) is 5.72. The van der Waals surface area contributed by atoms with Crippen molar-refractivity contribution in [1.29, 1.82) is 0 Å². The fraction of sp³-hybridized carbons (Fsp3) is 0.333. The minimum atomic E-state index is -2.70. The van der Waals surface area contributed by atoms with Crippen molar-refractivity contribution in [2.75, 3.05) is 7.11 Å². The minimum Gasteiger partial charge on any atom is -0.464 e. The van der Waals surface area contributed by atoms with E-state index in [4.69, 9.17) is 11.6 Å². The number of hydrogen-bond donors (Lipinski definition) is 0. The molecule has 0 saturated carbocycles. The van der Waals surface area contributed by atoms with Gasteiger partial charge in [-0.2, -0.15) is 0 Å². The Hall–Kier alpha value is -0.500. The van der Waals surface area contributed by atoms with E-state index >= 15 is 0 Å². The molecule has 0 radical (unpaired) electrons. The first-order chi connectivity index (χ1) is 7.51. The van der Waals surface area contributed by atoms with Crippen LogP contribution in [0.5, 0.6) is 0 Å². The van der Waals surface area contributed by atoms with Crippen LogP contribution in [0.3, 0.4) is 0 Å². The van der Waals surface area contributed by atoms with Gasteiger partial charge in [0.15, 0.2) is 5.69 Å². The van der Waals surface area contributed by atoms with Gasteiger partial charge in [0.25, 0.3) is 6.43 Å². The molecule has 1 aromatic heterocycles. The van der Waals surface area contributed by atoms with Gasteiger partial charge in [0.2, 0.25) is 0 Å². The van der Waals surface area contributed by atoms with Gasteiger partial charge in [0.05, 0.1) is 13.0 Å². The number of alkyl halides is 3. The van der Waals surface area contributed by atoms with Crippen LogP contribution in [0.15, 0.2) is 6.07 Å². The summed E-state index contributed by atoms with van der Waals surface area (Å²) in [5.74, 6) is -0.982. The summed E-state index contributed by atoms with van der Waals surface area (Å²) >= 11 is 7.30. The van der Waals surface area contributed by atoms with Crippen LogP contribution in [0.2, 0.25) is 0 Å². The van der Waals surface area contributed by atoms with Crippen molar-refractivity contribution < 1.29 is 18.3 Å². The number of nitrogens with zero attached hydrogens (tertiary/aromatic N) is 1. The minimum absolute atomic E-state index is 0.0175. The first-order valence-electron chi connectivity index (χ1n) is 4.13. The summed E-state index contributed by atoms with van der Waals surface area (Å²) in [7, 11) is 1.16. The first-order valence-corrected chi connectivity index (χ1v) is 5.74. The molecule has 7 heteroatoms. The summed E-state index contributed by atoms with van der Waals surface area (Å²) in [5, 5.41) is 0. The highest BCUT2D eigenvalue weighted by molar-refractivity contribution is 14.1. The molecule has 0 saturated heterocycles. The third-order valence-electron chi connectivity index (χ3n) is 1.87. The van der Waals surface area contributed by atoms with Crippen molar-refractivity contribution in [2.45, 2.75) is 12.3 Å². The molecule has 1 rings (SSSR count). The molecule has 0 aromatic carbocycles.